The summed E-state index contributed by atoms with van der Waals surface area (Å²) in [5.41, 5.74) is -1.48. The monoisotopic (exact) mass is 1340 g/mol. The second-order valence-corrected chi connectivity index (χ2v) is 29.4. The number of carbonyl (C=O) groups excluding carboxylic acids is 11. The summed E-state index contributed by atoms with van der Waals surface area (Å²) in [7, 11) is 10.2. The van der Waals surface area contributed by atoms with Crippen LogP contribution in [-0.4, -0.2) is 239 Å². The molecule has 0 aromatic carbocycles. The first-order chi connectivity index (χ1) is 43.5. The maximum Gasteiger partial charge on any atom is 0.393 e. The van der Waals surface area contributed by atoms with E-state index in [1.165, 1.54) is 76.6 Å². The van der Waals surface area contributed by atoms with Gasteiger partial charge in [-0.25, -0.2) is 0 Å². The molecule has 3 aliphatic carbocycles. The highest BCUT2D eigenvalue weighted by molar-refractivity contribution is 6.20. The van der Waals surface area contributed by atoms with Gasteiger partial charge in [-0.15, -0.1) is 11.6 Å². The van der Waals surface area contributed by atoms with Crippen LogP contribution in [0.3, 0.4) is 0 Å². The Morgan fingerprint density at radius 1 is 0.591 bits per heavy atom. The van der Waals surface area contributed by atoms with Gasteiger partial charge in [0.05, 0.1) is 25.6 Å². The quantitative estimate of drug-likeness (QED) is 0.196. The summed E-state index contributed by atoms with van der Waals surface area (Å²) in [5, 5.41) is 7.59. The lowest BCUT2D eigenvalue weighted by Gasteiger charge is -2.41. The van der Waals surface area contributed by atoms with E-state index in [-0.39, 0.29) is 94.9 Å². The zero-order valence-corrected chi connectivity index (χ0v) is 59.0. The molecule has 0 aromatic heterocycles. The average molecular weight is 1340 g/mol. The van der Waals surface area contributed by atoms with Crippen LogP contribution < -0.4 is 16.0 Å². The third-order valence-corrected chi connectivity index (χ3v) is 21.8. The third-order valence-electron chi connectivity index (χ3n) is 21.3. The molecule has 93 heavy (non-hydrogen) atoms. The molecular formula is C67H111ClF3N11O11. The summed E-state index contributed by atoms with van der Waals surface area (Å²) in [6.07, 6.45) is 2.32. The normalized spacial score (nSPS) is 31.1. The van der Waals surface area contributed by atoms with E-state index in [0.717, 1.165) is 30.6 Å². The van der Waals surface area contributed by atoms with Crippen LogP contribution in [-0.2, 0) is 52.7 Å². The lowest BCUT2D eigenvalue weighted by Crippen LogP contribution is -2.64. The largest absolute Gasteiger partial charge is 0.393 e. The first-order valence-electron chi connectivity index (χ1n) is 34.2. The molecule has 26 heteroatoms. The Bertz CT molecular complexity index is 2640. The number of nitrogens with one attached hydrogen (secondary N) is 3. The molecule has 1 spiro atoms. The van der Waals surface area contributed by atoms with Crippen molar-refractivity contribution in [3.05, 3.63) is 0 Å². The van der Waals surface area contributed by atoms with Gasteiger partial charge in [0.2, 0.25) is 65.0 Å². The minimum Gasteiger partial charge on any atom is -0.343 e. The van der Waals surface area contributed by atoms with Crippen LogP contribution in [0.25, 0.3) is 0 Å². The van der Waals surface area contributed by atoms with E-state index >= 15 is 9.59 Å². The Kier molecular flexibility index (Phi) is 28.7. The standard InChI is InChI=1S/C67H111ClF3N11O11/c1-16-42(6)57-63(91)77(11)38-55(85)75(9)39-56(86)80(14)52(36-46-24-22-41(5)23-25-46)62(90)76(10)37-53(83)72-49(29-27-45-26-28-47(48(68)35-45)67(69,70)71)61(89)82-32-20-21-50(82)60(88)74-66(30-18-19-31-66)65(93)81(15)58(43(7)17-2)64(92)78(12)44(8)34-54(84)79(13)51(33-40(3)4)59(87)73-57/h40-52,57-58H,16-39H2,1-15H3,(H,72,83)(H,73,87)(H,74,88)/t41?,42-,43-,44+,45?,46?,47?,48?,49-,50-,51-,52-,57-,58-/m0/s1. The van der Waals surface area contributed by atoms with Crippen molar-refractivity contribution in [2.45, 2.75) is 243 Å². The first kappa shape index (κ1) is 78.0. The highest BCUT2D eigenvalue weighted by Gasteiger charge is 2.51. The molecular weight excluding hydrogens is 1230 g/mol. The summed E-state index contributed by atoms with van der Waals surface area (Å²) in [4.78, 5) is 171. The molecule has 22 nitrogen and oxygen atoms in total. The van der Waals surface area contributed by atoms with Crippen molar-refractivity contribution in [3.8, 4) is 0 Å². The van der Waals surface area contributed by atoms with Gasteiger partial charge < -0.3 is 55.1 Å². The molecule has 3 N–H and O–H groups in total. The molecule has 5 rings (SSSR count). The third kappa shape index (κ3) is 20.2. The highest BCUT2D eigenvalue weighted by Crippen LogP contribution is 2.44. The minimum absolute atomic E-state index is 0.0139. The highest BCUT2D eigenvalue weighted by atomic mass is 35.5. The number of halogens is 4. The van der Waals surface area contributed by atoms with Gasteiger partial charge in [0.1, 0.15) is 41.8 Å². The molecule has 3 saturated carbocycles. The fourth-order valence-electron chi connectivity index (χ4n) is 14.4. The summed E-state index contributed by atoms with van der Waals surface area (Å²) in [6, 6.07) is -7.52. The maximum absolute atomic E-state index is 15.2. The van der Waals surface area contributed by atoms with Crippen molar-refractivity contribution in [2.75, 3.05) is 75.5 Å². The number of hydrogen-bond acceptors (Lipinski definition) is 11. The van der Waals surface area contributed by atoms with Crippen molar-refractivity contribution < 1.29 is 65.9 Å². The Morgan fingerprint density at radius 3 is 1.75 bits per heavy atom. The van der Waals surface area contributed by atoms with Crippen molar-refractivity contribution in [2.24, 2.45) is 41.4 Å². The van der Waals surface area contributed by atoms with Gasteiger partial charge in [-0.2, -0.15) is 13.2 Å². The molecule has 2 saturated heterocycles. The van der Waals surface area contributed by atoms with Crippen molar-refractivity contribution in [3.63, 3.8) is 0 Å². The minimum atomic E-state index is -4.49. The fraction of sp³-hybridized carbons (Fsp3) is 0.836. The van der Waals surface area contributed by atoms with E-state index in [1.807, 2.05) is 34.6 Å². The molecule has 5 fully saturated rings. The van der Waals surface area contributed by atoms with Gasteiger partial charge in [0.15, 0.2) is 0 Å². The van der Waals surface area contributed by atoms with Gasteiger partial charge >= 0.3 is 6.18 Å². The zero-order valence-electron chi connectivity index (χ0n) is 58.2. The number of amides is 11. The van der Waals surface area contributed by atoms with Gasteiger partial charge in [-0.05, 0) is 113 Å². The van der Waals surface area contributed by atoms with Gasteiger partial charge in [0, 0.05) is 73.7 Å². The second kappa shape index (κ2) is 34.3. The average Bonchev–Trinajstić information content (AvgIpc) is 1.77. The molecule has 0 bridgehead atoms. The number of nitrogens with zero attached hydrogens (tertiary/aromatic N) is 8. The summed E-state index contributed by atoms with van der Waals surface area (Å²) in [5.74, 6) is -8.92. The Labute approximate surface area is 555 Å². The number of likely N-dealkylation sites (N-methyl/N-ethyl adjacent to an activating group) is 7. The van der Waals surface area contributed by atoms with E-state index in [1.54, 1.807) is 20.9 Å². The van der Waals surface area contributed by atoms with E-state index in [2.05, 4.69) is 22.9 Å². The first-order valence-corrected chi connectivity index (χ1v) is 34.6. The number of fused-ring (bicyclic) bond motifs is 1. The van der Waals surface area contributed by atoms with Crippen LogP contribution in [0.5, 0.6) is 0 Å². The lowest BCUT2D eigenvalue weighted by molar-refractivity contribution is -0.182. The van der Waals surface area contributed by atoms with Crippen LogP contribution in [0.4, 0.5) is 13.2 Å². The fourth-order valence-corrected chi connectivity index (χ4v) is 14.9. The van der Waals surface area contributed by atoms with Crippen LogP contribution in [0.2, 0.25) is 0 Å². The molecule has 12 atom stereocenters. The van der Waals surface area contributed by atoms with Crippen LogP contribution in [0, 0.1) is 41.4 Å². The van der Waals surface area contributed by atoms with Crippen molar-refractivity contribution >= 4 is 76.6 Å². The SMILES string of the molecule is CC[C@H](C)[C@@H]1NC(=O)[C@H](CC(C)C)N(C)C(=O)C[C@@H](C)N(C)C(=O)[C@H]([C@@H](C)CC)N(C)C(=O)C2(CCCC2)NC(=O)[C@@H]2CCCN2C(=O)[C@H](CCC2CCC(C(F)(F)F)C(Cl)C2)NC(=O)CN(C)C(=O)[C@H](CC2CCC(C)CC2)N(C)C(=O)CN(C)C(=O)CN(C)C1=O. The lowest BCUT2D eigenvalue weighted by atomic mass is 9.78. The van der Waals surface area contributed by atoms with Gasteiger partial charge in [-0.3, -0.25) is 52.7 Å². The zero-order chi connectivity index (χ0) is 69.7. The second-order valence-electron chi connectivity index (χ2n) is 28.8. The predicted molar refractivity (Wildman–Crippen MR) is 347 cm³/mol. The van der Waals surface area contributed by atoms with Crippen LogP contribution >= 0.6 is 11.6 Å². The van der Waals surface area contributed by atoms with Gasteiger partial charge in [0.25, 0.3) is 0 Å². The predicted octanol–water partition coefficient (Wildman–Crippen LogP) is 6.20. The maximum atomic E-state index is 15.2. The summed E-state index contributed by atoms with van der Waals surface area (Å²) in [6.45, 7) is 13.5. The molecule has 3 unspecified atom stereocenters. The van der Waals surface area contributed by atoms with Crippen LogP contribution in [0.15, 0.2) is 0 Å². The Hall–Kier alpha value is -5.75. The summed E-state index contributed by atoms with van der Waals surface area (Å²) < 4.78 is 41.8. The molecule has 0 aromatic rings. The number of alkyl halides is 4. The molecule has 2 heterocycles. The van der Waals surface area contributed by atoms with E-state index < -0.39 is 162 Å². The molecule has 5 aliphatic rings. The Morgan fingerprint density at radius 2 is 1.17 bits per heavy atom. The van der Waals surface area contributed by atoms with Crippen LogP contribution in [0.1, 0.15) is 184 Å². The number of rotatable bonds is 11. The number of carbonyl (C=O) groups is 11. The molecule has 11 amide bonds. The van der Waals surface area contributed by atoms with E-state index in [4.69, 9.17) is 11.6 Å². The van der Waals surface area contributed by atoms with E-state index in [0.29, 0.717) is 38.0 Å². The number of hydrogen-bond donors (Lipinski definition) is 3. The molecule has 0 radical (unpaired) electrons. The smallest absolute Gasteiger partial charge is 0.343 e. The molecule has 528 valence electrons. The van der Waals surface area contributed by atoms with Crippen molar-refractivity contribution in [1.82, 2.24) is 55.1 Å². The molecule has 2 aliphatic heterocycles. The van der Waals surface area contributed by atoms with E-state index in [9.17, 15) is 56.3 Å². The Balaban J connectivity index is 1.55. The van der Waals surface area contributed by atoms with Crippen molar-refractivity contribution in [1.29, 1.82) is 0 Å². The topological polar surface area (TPSA) is 250 Å². The van der Waals surface area contributed by atoms with Gasteiger partial charge in [-0.1, -0.05) is 99.8 Å². The summed E-state index contributed by atoms with van der Waals surface area (Å²) >= 11 is 6.38.